The van der Waals surface area contributed by atoms with E-state index in [1.165, 1.54) is 46.1 Å². The number of carbonyl (C=O) groups is 1. The van der Waals surface area contributed by atoms with Crippen molar-refractivity contribution in [3.05, 3.63) is 63.5 Å². The maximum Gasteiger partial charge on any atom is 0.338 e. The van der Waals surface area contributed by atoms with E-state index in [0.29, 0.717) is 10.7 Å². The van der Waals surface area contributed by atoms with E-state index in [-0.39, 0.29) is 22.6 Å². The summed E-state index contributed by atoms with van der Waals surface area (Å²) in [4.78, 5) is 28.7. The summed E-state index contributed by atoms with van der Waals surface area (Å²) in [6.07, 6.45) is 2.71. The molecule has 0 unspecified atom stereocenters. The van der Waals surface area contributed by atoms with Gasteiger partial charge in [-0.1, -0.05) is 0 Å². The van der Waals surface area contributed by atoms with Crippen molar-refractivity contribution in [1.82, 2.24) is 9.38 Å². The zero-order valence-corrected chi connectivity index (χ0v) is 14.1. The van der Waals surface area contributed by atoms with Crippen LogP contribution in [0.4, 0.5) is 0 Å². The van der Waals surface area contributed by atoms with Gasteiger partial charge in [0.15, 0.2) is 14.8 Å². The van der Waals surface area contributed by atoms with Crippen LogP contribution in [0.15, 0.2) is 51.6 Å². The molecule has 0 aliphatic heterocycles. The highest BCUT2D eigenvalue weighted by atomic mass is 32.2. The van der Waals surface area contributed by atoms with Crippen molar-refractivity contribution >= 4 is 32.1 Å². The molecule has 1 aromatic carbocycles. The lowest BCUT2D eigenvalue weighted by Crippen LogP contribution is -2.14. The van der Waals surface area contributed by atoms with E-state index in [9.17, 15) is 18.0 Å². The second-order valence-corrected chi connectivity index (χ2v) is 7.90. The van der Waals surface area contributed by atoms with Gasteiger partial charge in [0, 0.05) is 23.9 Å². The molecule has 3 rings (SSSR count). The molecule has 2 heterocycles. The third kappa shape index (κ3) is 3.36. The molecule has 0 spiro atoms. The Morgan fingerprint density at radius 3 is 2.67 bits per heavy atom. The van der Waals surface area contributed by atoms with Gasteiger partial charge in [-0.2, -0.15) is 0 Å². The van der Waals surface area contributed by atoms with E-state index in [0.717, 1.165) is 6.26 Å². The van der Waals surface area contributed by atoms with Crippen LogP contribution in [0.25, 0.3) is 4.96 Å². The van der Waals surface area contributed by atoms with Gasteiger partial charge in [0.1, 0.15) is 6.61 Å². The molecule has 0 aliphatic carbocycles. The topological polar surface area (TPSA) is 94.8 Å². The minimum absolute atomic E-state index is 0.122. The Kier molecular flexibility index (Phi) is 4.20. The van der Waals surface area contributed by atoms with Gasteiger partial charge in [0.2, 0.25) is 0 Å². The monoisotopic (exact) mass is 364 g/mol. The van der Waals surface area contributed by atoms with E-state index < -0.39 is 15.8 Å². The Labute approximate surface area is 141 Å². The fraction of sp³-hybridized carbons (Fsp3) is 0.133. The second kappa shape index (κ2) is 6.17. The van der Waals surface area contributed by atoms with Gasteiger partial charge >= 0.3 is 5.97 Å². The van der Waals surface area contributed by atoms with Crippen molar-refractivity contribution in [2.24, 2.45) is 0 Å². The van der Waals surface area contributed by atoms with Crippen LogP contribution in [0.2, 0.25) is 0 Å². The van der Waals surface area contributed by atoms with Crippen molar-refractivity contribution in [3.8, 4) is 0 Å². The van der Waals surface area contributed by atoms with Crippen molar-refractivity contribution < 1.29 is 17.9 Å². The molecule has 0 saturated heterocycles. The number of carbonyl (C=O) groups excluding carboxylic acids is 1. The highest BCUT2D eigenvalue weighted by Crippen LogP contribution is 2.12. The number of esters is 1. The molecule has 0 bridgehead atoms. The number of hydrogen-bond donors (Lipinski definition) is 0. The average molecular weight is 364 g/mol. The molecular formula is C15H12N2O5S2. The number of hydrogen-bond acceptors (Lipinski definition) is 7. The van der Waals surface area contributed by atoms with Gasteiger partial charge in [-0.05, 0) is 24.3 Å². The summed E-state index contributed by atoms with van der Waals surface area (Å²) >= 11 is 1.30. The van der Waals surface area contributed by atoms with Gasteiger partial charge in [-0.15, -0.1) is 11.3 Å². The summed E-state index contributed by atoms with van der Waals surface area (Å²) in [6.45, 7) is -0.143. The summed E-state index contributed by atoms with van der Waals surface area (Å²) < 4.78 is 29.3. The van der Waals surface area contributed by atoms with Gasteiger partial charge in [0.05, 0.1) is 16.2 Å². The molecule has 9 heteroatoms. The lowest BCUT2D eigenvalue weighted by molar-refractivity contribution is 0.0467. The Morgan fingerprint density at radius 1 is 1.29 bits per heavy atom. The molecule has 24 heavy (non-hydrogen) atoms. The lowest BCUT2D eigenvalue weighted by Gasteiger charge is -2.05. The molecule has 0 radical (unpaired) electrons. The first-order chi connectivity index (χ1) is 11.3. The first kappa shape index (κ1) is 16.3. The lowest BCUT2D eigenvalue weighted by atomic mass is 10.2. The maximum atomic E-state index is 12.0. The number of benzene rings is 1. The maximum absolute atomic E-state index is 12.0. The zero-order chi connectivity index (χ0) is 17.3. The molecule has 0 amide bonds. The normalized spacial score (nSPS) is 11.5. The van der Waals surface area contributed by atoms with Crippen LogP contribution >= 0.6 is 11.3 Å². The van der Waals surface area contributed by atoms with Crippen molar-refractivity contribution in [3.63, 3.8) is 0 Å². The van der Waals surface area contributed by atoms with Gasteiger partial charge in [-0.25, -0.2) is 18.2 Å². The van der Waals surface area contributed by atoms with Crippen LogP contribution < -0.4 is 5.56 Å². The van der Waals surface area contributed by atoms with Crippen LogP contribution in [0.1, 0.15) is 16.1 Å². The largest absolute Gasteiger partial charge is 0.456 e. The minimum atomic E-state index is -3.32. The summed E-state index contributed by atoms with van der Waals surface area (Å²) in [5.74, 6) is -0.622. The molecule has 3 aromatic rings. The fourth-order valence-corrected chi connectivity index (χ4v) is 3.39. The third-order valence-corrected chi connectivity index (χ3v) is 5.11. The number of nitrogens with zero attached hydrogens (tertiary/aromatic N) is 2. The van der Waals surface area contributed by atoms with E-state index in [1.54, 1.807) is 11.6 Å². The zero-order valence-electron chi connectivity index (χ0n) is 12.5. The van der Waals surface area contributed by atoms with Crippen LogP contribution in [0.3, 0.4) is 0 Å². The third-order valence-electron chi connectivity index (χ3n) is 3.23. The summed E-state index contributed by atoms with van der Waals surface area (Å²) in [6, 6.07) is 6.75. The Morgan fingerprint density at radius 2 is 2.00 bits per heavy atom. The van der Waals surface area contributed by atoms with E-state index in [2.05, 4.69) is 4.98 Å². The number of ether oxygens (including phenoxy) is 1. The standard InChI is InChI=1S/C15H12N2O5S2/c1-24(20,21)12-4-2-10(3-5-12)14(19)22-9-11-8-13(18)17-6-7-23-15(17)16-11/h2-8H,9H2,1H3. The van der Waals surface area contributed by atoms with Crippen molar-refractivity contribution in [2.75, 3.05) is 6.26 Å². The summed E-state index contributed by atoms with van der Waals surface area (Å²) in [7, 11) is -3.32. The highest BCUT2D eigenvalue weighted by molar-refractivity contribution is 7.90. The number of thiazole rings is 1. The van der Waals surface area contributed by atoms with Gasteiger partial charge in [0.25, 0.3) is 5.56 Å². The van der Waals surface area contributed by atoms with Crippen molar-refractivity contribution in [2.45, 2.75) is 11.5 Å². The number of aromatic nitrogens is 2. The number of sulfone groups is 1. The van der Waals surface area contributed by atoms with Crippen LogP contribution in [-0.2, 0) is 21.2 Å². The molecule has 124 valence electrons. The molecule has 7 nitrogen and oxygen atoms in total. The van der Waals surface area contributed by atoms with E-state index in [4.69, 9.17) is 4.74 Å². The van der Waals surface area contributed by atoms with Crippen LogP contribution in [-0.4, -0.2) is 30.0 Å². The van der Waals surface area contributed by atoms with Gasteiger partial charge < -0.3 is 4.74 Å². The Bertz CT molecular complexity index is 1070. The first-order valence-electron chi connectivity index (χ1n) is 6.77. The SMILES string of the molecule is CS(=O)(=O)c1ccc(C(=O)OCc2cc(=O)n3ccsc3n2)cc1. The smallest absolute Gasteiger partial charge is 0.338 e. The summed E-state index contributed by atoms with van der Waals surface area (Å²) in [5, 5.41) is 1.74. The fourth-order valence-electron chi connectivity index (χ4n) is 2.02. The van der Waals surface area contributed by atoms with E-state index in [1.807, 2.05) is 0 Å². The molecule has 0 aliphatic rings. The average Bonchev–Trinajstić information content (AvgIpc) is 3.01. The predicted molar refractivity (Wildman–Crippen MR) is 88.0 cm³/mol. The first-order valence-corrected chi connectivity index (χ1v) is 9.55. The Balaban J connectivity index is 1.73. The molecule has 2 aromatic heterocycles. The summed E-state index contributed by atoms with van der Waals surface area (Å²) in [5.41, 5.74) is 0.324. The molecular weight excluding hydrogens is 352 g/mol. The number of rotatable bonds is 4. The molecule has 0 N–H and O–H groups in total. The Hall–Kier alpha value is -2.52. The van der Waals surface area contributed by atoms with Crippen LogP contribution in [0.5, 0.6) is 0 Å². The molecule has 0 saturated carbocycles. The highest BCUT2D eigenvalue weighted by Gasteiger charge is 2.12. The second-order valence-electron chi connectivity index (χ2n) is 5.01. The van der Waals surface area contributed by atoms with Crippen molar-refractivity contribution in [1.29, 1.82) is 0 Å². The molecule has 0 atom stereocenters. The molecule has 0 fully saturated rings. The minimum Gasteiger partial charge on any atom is -0.456 e. The predicted octanol–water partition coefficient (Wildman–Crippen LogP) is 1.52. The van der Waals surface area contributed by atoms with E-state index >= 15 is 0 Å². The van der Waals surface area contributed by atoms with Crippen LogP contribution in [0, 0.1) is 0 Å². The quantitative estimate of drug-likeness (QED) is 0.652. The van der Waals surface area contributed by atoms with Gasteiger partial charge in [-0.3, -0.25) is 9.20 Å². The number of fused-ring (bicyclic) bond motifs is 1.